The Kier molecular flexibility index (Phi) is 6.24. The van der Waals surface area contributed by atoms with Crippen molar-refractivity contribution in [3.63, 3.8) is 0 Å². The van der Waals surface area contributed by atoms with Crippen molar-refractivity contribution in [2.75, 3.05) is 19.6 Å². The number of furan rings is 1. The number of pyridine rings is 1. The van der Waals surface area contributed by atoms with Gasteiger partial charge in [-0.25, -0.2) is 0 Å². The first-order valence-electron chi connectivity index (χ1n) is 9.63. The standard InChI is InChI=1S/C21H25N5OS/c1-25-20(23-24-21(25)28-16-17-6-10-22-11-7-17)18-8-13-26(14-9-18)12-2-4-19-5-3-15-27-19/h2-7,10-11,15,18H,8-9,12-14,16H2,1H3. The van der Waals surface area contributed by atoms with Crippen molar-refractivity contribution in [1.82, 2.24) is 24.6 Å². The van der Waals surface area contributed by atoms with Gasteiger partial charge in [0.25, 0.3) is 0 Å². The van der Waals surface area contributed by atoms with E-state index in [0.29, 0.717) is 5.92 Å². The lowest BCUT2D eigenvalue weighted by Gasteiger charge is -2.30. The molecule has 4 heterocycles. The van der Waals surface area contributed by atoms with Crippen LogP contribution in [0, 0.1) is 0 Å². The van der Waals surface area contributed by atoms with Gasteiger partial charge in [-0.15, -0.1) is 10.2 Å². The summed E-state index contributed by atoms with van der Waals surface area (Å²) in [6.07, 6.45) is 11.8. The molecular formula is C21H25N5OS. The van der Waals surface area contributed by atoms with Gasteiger partial charge in [0.15, 0.2) is 5.16 Å². The Hall–Kier alpha value is -2.38. The van der Waals surface area contributed by atoms with Crippen LogP contribution in [0.5, 0.6) is 0 Å². The van der Waals surface area contributed by atoms with E-state index < -0.39 is 0 Å². The molecule has 1 aliphatic heterocycles. The quantitative estimate of drug-likeness (QED) is 0.564. The maximum Gasteiger partial charge on any atom is 0.191 e. The fourth-order valence-electron chi connectivity index (χ4n) is 3.51. The molecule has 0 radical (unpaired) electrons. The van der Waals surface area contributed by atoms with Crippen LogP contribution in [0.3, 0.4) is 0 Å². The molecule has 146 valence electrons. The predicted molar refractivity (Wildman–Crippen MR) is 111 cm³/mol. The Morgan fingerprint density at radius 3 is 2.75 bits per heavy atom. The van der Waals surface area contributed by atoms with E-state index in [1.54, 1.807) is 18.0 Å². The maximum absolute atomic E-state index is 5.33. The van der Waals surface area contributed by atoms with Gasteiger partial charge < -0.3 is 8.98 Å². The summed E-state index contributed by atoms with van der Waals surface area (Å²) in [6.45, 7) is 3.12. The number of hydrogen-bond acceptors (Lipinski definition) is 6. The molecule has 3 aromatic rings. The maximum atomic E-state index is 5.33. The lowest BCUT2D eigenvalue weighted by Crippen LogP contribution is -2.33. The molecule has 7 heteroatoms. The SMILES string of the molecule is Cn1c(SCc2ccncc2)nnc1C1CCN(CC=Cc2ccco2)CC1. The molecule has 0 amide bonds. The molecule has 0 saturated carbocycles. The minimum absolute atomic E-state index is 0.484. The summed E-state index contributed by atoms with van der Waals surface area (Å²) in [6, 6.07) is 7.97. The smallest absolute Gasteiger partial charge is 0.191 e. The third-order valence-corrected chi connectivity index (χ3v) is 6.22. The molecular weight excluding hydrogens is 370 g/mol. The summed E-state index contributed by atoms with van der Waals surface area (Å²) < 4.78 is 7.50. The molecule has 0 bridgehead atoms. The summed E-state index contributed by atoms with van der Waals surface area (Å²) in [5.74, 6) is 3.39. The molecule has 0 aromatic carbocycles. The number of thioether (sulfide) groups is 1. The highest BCUT2D eigenvalue weighted by Crippen LogP contribution is 2.29. The molecule has 28 heavy (non-hydrogen) atoms. The lowest BCUT2D eigenvalue weighted by molar-refractivity contribution is 0.227. The second-order valence-corrected chi connectivity index (χ2v) is 7.98. The van der Waals surface area contributed by atoms with Gasteiger partial charge in [0.2, 0.25) is 0 Å². The molecule has 1 aliphatic rings. The van der Waals surface area contributed by atoms with E-state index in [4.69, 9.17) is 4.42 Å². The van der Waals surface area contributed by atoms with Crippen molar-refractivity contribution in [1.29, 1.82) is 0 Å². The van der Waals surface area contributed by atoms with Gasteiger partial charge in [0.1, 0.15) is 11.6 Å². The average Bonchev–Trinajstić information content (AvgIpc) is 3.38. The first-order chi connectivity index (χ1) is 13.8. The fraction of sp³-hybridized carbons (Fsp3) is 0.381. The van der Waals surface area contributed by atoms with Crippen molar-refractivity contribution < 1.29 is 4.42 Å². The monoisotopic (exact) mass is 395 g/mol. The summed E-state index contributed by atoms with van der Waals surface area (Å²) in [7, 11) is 2.09. The number of hydrogen-bond donors (Lipinski definition) is 0. The van der Waals surface area contributed by atoms with Gasteiger partial charge in [0.05, 0.1) is 6.26 Å². The molecule has 0 spiro atoms. The summed E-state index contributed by atoms with van der Waals surface area (Å²) in [5, 5.41) is 9.92. The largest absolute Gasteiger partial charge is 0.465 e. The van der Waals surface area contributed by atoms with Crippen LogP contribution in [-0.4, -0.2) is 44.3 Å². The van der Waals surface area contributed by atoms with Gasteiger partial charge in [-0.2, -0.15) is 0 Å². The summed E-state index contributed by atoms with van der Waals surface area (Å²) >= 11 is 1.73. The molecule has 0 aliphatic carbocycles. The second-order valence-electron chi connectivity index (χ2n) is 7.04. The van der Waals surface area contributed by atoms with E-state index in [-0.39, 0.29) is 0 Å². The van der Waals surface area contributed by atoms with Crippen LogP contribution in [0.25, 0.3) is 6.08 Å². The highest BCUT2D eigenvalue weighted by molar-refractivity contribution is 7.98. The van der Waals surface area contributed by atoms with Crippen LogP contribution in [0.4, 0.5) is 0 Å². The van der Waals surface area contributed by atoms with Crippen LogP contribution in [0.1, 0.15) is 35.9 Å². The number of rotatable bonds is 7. The van der Waals surface area contributed by atoms with E-state index in [1.807, 2.05) is 42.7 Å². The zero-order valence-corrected chi connectivity index (χ0v) is 16.9. The Morgan fingerprint density at radius 2 is 2.00 bits per heavy atom. The third-order valence-electron chi connectivity index (χ3n) is 5.13. The van der Waals surface area contributed by atoms with Gasteiger partial charge >= 0.3 is 0 Å². The van der Waals surface area contributed by atoms with E-state index in [0.717, 1.165) is 55.0 Å². The van der Waals surface area contributed by atoms with Crippen LogP contribution >= 0.6 is 11.8 Å². The number of piperidine rings is 1. The Bertz CT molecular complexity index is 883. The van der Waals surface area contributed by atoms with Crippen molar-refractivity contribution in [2.45, 2.75) is 29.7 Å². The Balaban J connectivity index is 1.28. The van der Waals surface area contributed by atoms with Crippen molar-refractivity contribution in [3.05, 3.63) is 66.1 Å². The van der Waals surface area contributed by atoms with Crippen molar-refractivity contribution in [2.24, 2.45) is 7.05 Å². The highest BCUT2D eigenvalue weighted by atomic mass is 32.2. The predicted octanol–water partition coefficient (Wildman–Crippen LogP) is 3.99. The lowest BCUT2D eigenvalue weighted by atomic mass is 9.96. The summed E-state index contributed by atoms with van der Waals surface area (Å²) in [5.41, 5.74) is 1.25. The van der Waals surface area contributed by atoms with Crippen molar-refractivity contribution in [3.8, 4) is 0 Å². The molecule has 3 aromatic heterocycles. The van der Waals surface area contributed by atoms with Gasteiger partial charge in [0, 0.05) is 37.7 Å². The van der Waals surface area contributed by atoms with Crippen LogP contribution in [-0.2, 0) is 12.8 Å². The van der Waals surface area contributed by atoms with Gasteiger partial charge in [-0.1, -0.05) is 17.8 Å². The molecule has 0 unspecified atom stereocenters. The minimum Gasteiger partial charge on any atom is -0.465 e. The molecule has 0 N–H and O–H groups in total. The zero-order chi connectivity index (χ0) is 19.2. The van der Waals surface area contributed by atoms with E-state index in [1.165, 1.54) is 5.56 Å². The average molecular weight is 396 g/mol. The van der Waals surface area contributed by atoms with E-state index >= 15 is 0 Å². The topological polar surface area (TPSA) is 60.0 Å². The third kappa shape index (κ3) is 4.72. The molecule has 4 rings (SSSR count). The number of nitrogens with zero attached hydrogens (tertiary/aromatic N) is 5. The van der Waals surface area contributed by atoms with Crippen LogP contribution in [0.15, 0.2) is 58.6 Å². The molecule has 1 saturated heterocycles. The van der Waals surface area contributed by atoms with Gasteiger partial charge in [-0.3, -0.25) is 9.88 Å². The molecule has 1 fully saturated rings. The van der Waals surface area contributed by atoms with Gasteiger partial charge in [-0.05, 0) is 61.8 Å². The fourth-order valence-corrected chi connectivity index (χ4v) is 4.39. The minimum atomic E-state index is 0.484. The van der Waals surface area contributed by atoms with E-state index in [9.17, 15) is 0 Å². The van der Waals surface area contributed by atoms with E-state index in [2.05, 4.69) is 37.8 Å². The zero-order valence-electron chi connectivity index (χ0n) is 16.1. The first-order valence-corrected chi connectivity index (χ1v) is 10.6. The Labute approximate surface area is 169 Å². The molecule has 0 atom stereocenters. The van der Waals surface area contributed by atoms with Crippen LogP contribution in [0.2, 0.25) is 0 Å². The number of aromatic nitrogens is 4. The summed E-state index contributed by atoms with van der Waals surface area (Å²) in [4.78, 5) is 6.54. The second kappa shape index (κ2) is 9.21. The van der Waals surface area contributed by atoms with Crippen molar-refractivity contribution >= 4 is 17.8 Å². The molecule has 6 nitrogen and oxygen atoms in total. The normalized spacial score (nSPS) is 16.2. The first kappa shape index (κ1) is 19.0. The number of likely N-dealkylation sites (tertiary alicyclic amines) is 1. The Morgan fingerprint density at radius 1 is 1.18 bits per heavy atom. The highest BCUT2D eigenvalue weighted by Gasteiger charge is 2.24. The van der Waals surface area contributed by atoms with Crippen LogP contribution < -0.4 is 0 Å².